The molecule has 0 spiro atoms. The van der Waals surface area contributed by atoms with E-state index in [9.17, 15) is 13.6 Å². The summed E-state index contributed by atoms with van der Waals surface area (Å²) >= 11 is 0. The van der Waals surface area contributed by atoms with Crippen LogP contribution >= 0.6 is 0 Å². The molecule has 29 heavy (non-hydrogen) atoms. The Labute approximate surface area is 165 Å². The van der Waals surface area contributed by atoms with Crippen molar-refractivity contribution >= 4 is 22.7 Å². The fourth-order valence-electron chi connectivity index (χ4n) is 3.26. The molecule has 0 saturated heterocycles. The van der Waals surface area contributed by atoms with Gasteiger partial charge >= 0.3 is 0 Å². The Hall–Kier alpha value is -3.48. The second-order valence-corrected chi connectivity index (χ2v) is 7.06. The highest BCUT2D eigenvalue weighted by Crippen LogP contribution is 2.24. The summed E-state index contributed by atoms with van der Waals surface area (Å²) in [6.45, 7) is 3.76. The molecule has 148 valence electrons. The molecular weight excluding hydrogens is 376 g/mol. The van der Waals surface area contributed by atoms with Crippen LogP contribution in [0.25, 0.3) is 11.0 Å². The van der Waals surface area contributed by atoms with Gasteiger partial charge in [-0.3, -0.25) is 4.79 Å². The van der Waals surface area contributed by atoms with Crippen LogP contribution in [-0.2, 0) is 17.8 Å². The maximum atomic E-state index is 14.0. The average Bonchev–Trinajstić information content (AvgIpc) is 3.22. The van der Waals surface area contributed by atoms with Crippen molar-refractivity contribution in [2.45, 2.75) is 26.8 Å². The molecule has 2 heterocycles. The summed E-state index contributed by atoms with van der Waals surface area (Å²) < 4.78 is 34.4. The molecule has 5 nitrogen and oxygen atoms in total. The van der Waals surface area contributed by atoms with Crippen LogP contribution in [0.1, 0.15) is 22.3 Å². The molecule has 0 aliphatic heterocycles. The lowest BCUT2D eigenvalue weighted by Gasteiger charge is -2.11. The molecule has 4 aromatic rings. The zero-order valence-electron chi connectivity index (χ0n) is 16.0. The van der Waals surface area contributed by atoms with Crippen LogP contribution in [-0.4, -0.2) is 15.7 Å². The molecule has 4 rings (SSSR count). The van der Waals surface area contributed by atoms with E-state index >= 15 is 0 Å². The van der Waals surface area contributed by atoms with E-state index in [0.717, 1.165) is 45.9 Å². The highest BCUT2D eigenvalue weighted by Gasteiger charge is 2.16. The zero-order valence-corrected chi connectivity index (χ0v) is 16.0. The fourth-order valence-corrected chi connectivity index (χ4v) is 3.26. The van der Waals surface area contributed by atoms with Gasteiger partial charge in [-0.2, -0.15) is 5.10 Å². The van der Waals surface area contributed by atoms with Crippen molar-refractivity contribution in [3.05, 3.63) is 82.7 Å². The first-order valence-corrected chi connectivity index (χ1v) is 9.13. The first kappa shape index (κ1) is 18.9. The molecule has 0 saturated carbocycles. The average molecular weight is 395 g/mol. The standard InChI is InChI=1S/C22H19F2N3O2/c1-13-3-5-18-16(12-29-20(18)7-13)9-21(28)26-22-14(2)10-25-27(22)11-15-8-17(23)4-6-19(15)24/h3-8,10,12H,9,11H2,1-2H3,(H,26,28). The van der Waals surface area contributed by atoms with Crippen molar-refractivity contribution < 1.29 is 18.0 Å². The molecule has 1 N–H and O–H groups in total. The quantitative estimate of drug-likeness (QED) is 0.530. The van der Waals surface area contributed by atoms with Gasteiger partial charge in [-0.1, -0.05) is 12.1 Å². The maximum absolute atomic E-state index is 14.0. The van der Waals surface area contributed by atoms with Crippen LogP contribution in [0.2, 0.25) is 0 Å². The molecular formula is C22H19F2N3O2. The fraction of sp³-hybridized carbons (Fsp3) is 0.182. The number of aryl methyl sites for hydroxylation is 2. The van der Waals surface area contributed by atoms with Crippen LogP contribution < -0.4 is 5.32 Å². The van der Waals surface area contributed by atoms with E-state index in [1.807, 2.05) is 25.1 Å². The summed E-state index contributed by atoms with van der Waals surface area (Å²) in [6, 6.07) is 9.07. The second kappa shape index (κ2) is 7.50. The number of halogens is 2. The van der Waals surface area contributed by atoms with Gasteiger partial charge in [0.1, 0.15) is 23.0 Å². The van der Waals surface area contributed by atoms with Gasteiger partial charge in [-0.25, -0.2) is 13.5 Å². The Balaban J connectivity index is 1.54. The van der Waals surface area contributed by atoms with E-state index in [-0.39, 0.29) is 24.4 Å². The van der Waals surface area contributed by atoms with Crippen molar-refractivity contribution in [3.8, 4) is 0 Å². The van der Waals surface area contributed by atoms with Crippen LogP contribution in [0.5, 0.6) is 0 Å². The van der Waals surface area contributed by atoms with E-state index in [2.05, 4.69) is 10.4 Å². The SMILES string of the molecule is Cc1ccc2c(CC(=O)Nc3c(C)cnn3Cc3cc(F)ccc3F)coc2c1. The number of anilines is 1. The van der Waals surface area contributed by atoms with Crippen LogP contribution in [0.4, 0.5) is 14.6 Å². The minimum absolute atomic E-state index is 0.000957. The summed E-state index contributed by atoms with van der Waals surface area (Å²) in [5, 5.41) is 7.90. The van der Waals surface area contributed by atoms with Crippen molar-refractivity contribution in [2.75, 3.05) is 5.32 Å². The highest BCUT2D eigenvalue weighted by atomic mass is 19.1. The smallest absolute Gasteiger partial charge is 0.230 e. The lowest BCUT2D eigenvalue weighted by atomic mass is 10.1. The van der Waals surface area contributed by atoms with Crippen LogP contribution in [0.3, 0.4) is 0 Å². The predicted octanol–water partition coefficient (Wildman–Crippen LogP) is 4.75. The molecule has 7 heteroatoms. The lowest BCUT2D eigenvalue weighted by molar-refractivity contribution is -0.115. The predicted molar refractivity (Wildman–Crippen MR) is 106 cm³/mol. The summed E-state index contributed by atoms with van der Waals surface area (Å²) in [6.07, 6.45) is 3.27. The highest BCUT2D eigenvalue weighted by molar-refractivity contribution is 5.95. The third-order valence-corrected chi connectivity index (χ3v) is 4.77. The number of nitrogens with zero attached hydrogens (tertiary/aromatic N) is 2. The number of fused-ring (bicyclic) bond motifs is 1. The van der Waals surface area contributed by atoms with Gasteiger partial charge in [0.15, 0.2) is 0 Å². The molecule has 0 unspecified atom stereocenters. The molecule has 0 aliphatic rings. The van der Waals surface area contributed by atoms with E-state index in [1.54, 1.807) is 19.4 Å². The van der Waals surface area contributed by atoms with Crippen LogP contribution in [0.15, 0.2) is 53.3 Å². The van der Waals surface area contributed by atoms with E-state index < -0.39 is 11.6 Å². The van der Waals surface area contributed by atoms with Gasteiger partial charge in [0.2, 0.25) is 5.91 Å². The van der Waals surface area contributed by atoms with Gasteiger partial charge in [0, 0.05) is 22.1 Å². The number of hydrogen-bond acceptors (Lipinski definition) is 3. The normalized spacial score (nSPS) is 11.2. The van der Waals surface area contributed by atoms with Crippen molar-refractivity contribution in [1.29, 1.82) is 0 Å². The summed E-state index contributed by atoms with van der Waals surface area (Å²) in [4.78, 5) is 12.6. The molecule has 0 aliphatic carbocycles. The number of nitrogens with one attached hydrogen (secondary N) is 1. The topological polar surface area (TPSA) is 60.1 Å². The lowest BCUT2D eigenvalue weighted by Crippen LogP contribution is -2.18. The largest absolute Gasteiger partial charge is 0.464 e. The number of benzene rings is 2. The van der Waals surface area contributed by atoms with Gasteiger partial charge in [0.25, 0.3) is 0 Å². The summed E-state index contributed by atoms with van der Waals surface area (Å²) in [5.74, 6) is -0.866. The van der Waals surface area contributed by atoms with E-state index in [4.69, 9.17) is 4.42 Å². The van der Waals surface area contributed by atoms with Crippen molar-refractivity contribution in [3.63, 3.8) is 0 Å². The molecule has 2 aromatic heterocycles. The van der Waals surface area contributed by atoms with Gasteiger partial charge < -0.3 is 9.73 Å². The second-order valence-electron chi connectivity index (χ2n) is 7.06. The Morgan fingerprint density at radius 3 is 2.79 bits per heavy atom. The monoisotopic (exact) mass is 395 g/mol. The number of hydrogen-bond donors (Lipinski definition) is 1. The number of amides is 1. The zero-order chi connectivity index (χ0) is 20.5. The Morgan fingerprint density at radius 2 is 1.97 bits per heavy atom. The first-order valence-electron chi connectivity index (χ1n) is 9.13. The van der Waals surface area contributed by atoms with Crippen LogP contribution in [0, 0.1) is 25.5 Å². The molecule has 2 aromatic carbocycles. The number of aromatic nitrogens is 2. The Morgan fingerprint density at radius 1 is 1.14 bits per heavy atom. The molecule has 0 bridgehead atoms. The van der Waals surface area contributed by atoms with Crippen molar-refractivity contribution in [1.82, 2.24) is 9.78 Å². The molecule has 0 atom stereocenters. The third kappa shape index (κ3) is 3.89. The molecule has 1 amide bonds. The Kier molecular flexibility index (Phi) is 4.88. The number of rotatable bonds is 5. The molecule has 0 radical (unpaired) electrons. The van der Waals surface area contributed by atoms with Gasteiger partial charge in [-0.15, -0.1) is 0 Å². The Bertz CT molecular complexity index is 1210. The third-order valence-electron chi connectivity index (χ3n) is 4.77. The molecule has 0 fully saturated rings. The van der Waals surface area contributed by atoms with E-state index in [1.165, 1.54) is 4.68 Å². The maximum Gasteiger partial charge on any atom is 0.230 e. The van der Waals surface area contributed by atoms with Crippen molar-refractivity contribution in [2.24, 2.45) is 0 Å². The number of furan rings is 1. The summed E-state index contributed by atoms with van der Waals surface area (Å²) in [7, 11) is 0. The van der Waals surface area contributed by atoms with E-state index in [0.29, 0.717) is 5.82 Å². The number of carbonyl (C=O) groups excluding carboxylic acids is 1. The van der Waals surface area contributed by atoms with Gasteiger partial charge in [0.05, 0.1) is 25.4 Å². The summed E-state index contributed by atoms with van der Waals surface area (Å²) in [5.41, 5.74) is 3.46. The number of carbonyl (C=O) groups is 1. The minimum atomic E-state index is -0.531. The first-order chi connectivity index (χ1) is 13.9. The van der Waals surface area contributed by atoms with Gasteiger partial charge in [-0.05, 0) is 43.7 Å². The minimum Gasteiger partial charge on any atom is -0.464 e.